The number of likely N-dealkylation sites (tertiary alicyclic amines) is 1. The summed E-state index contributed by atoms with van der Waals surface area (Å²) in [6, 6.07) is 14.8. The van der Waals surface area contributed by atoms with Gasteiger partial charge in [-0.15, -0.1) is 12.4 Å². The summed E-state index contributed by atoms with van der Waals surface area (Å²) < 4.78 is 6.01. The fourth-order valence-corrected chi connectivity index (χ4v) is 3.09. The molecule has 1 fully saturated rings. The van der Waals surface area contributed by atoms with Gasteiger partial charge in [-0.25, -0.2) is 0 Å². The van der Waals surface area contributed by atoms with Crippen molar-refractivity contribution in [2.45, 2.75) is 32.0 Å². The first-order valence-electron chi connectivity index (χ1n) is 8.35. The van der Waals surface area contributed by atoms with Gasteiger partial charge in [0.2, 0.25) is 0 Å². The number of hydrogen-bond acceptors (Lipinski definition) is 4. The second kappa shape index (κ2) is 9.62. The van der Waals surface area contributed by atoms with Crippen LogP contribution in [0.25, 0.3) is 0 Å². The Morgan fingerprint density at radius 2 is 2.04 bits per heavy atom. The number of halogens is 1. The van der Waals surface area contributed by atoms with Gasteiger partial charge in [-0.1, -0.05) is 24.3 Å². The molecule has 0 amide bonds. The maximum Gasteiger partial charge on any atom is 0.130 e. The van der Waals surface area contributed by atoms with Crippen LogP contribution in [0.4, 0.5) is 0 Å². The van der Waals surface area contributed by atoms with Crippen molar-refractivity contribution < 1.29 is 4.74 Å². The summed E-state index contributed by atoms with van der Waals surface area (Å²) in [7, 11) is 2.05. The Balaban J connectivity index is 0.00000208. The van der Waals surface area contributed by atoms with Gasteiger partial charge in [-0.3, -0.25) is 9.88 Å². The molecule has 24 heavy (non-hydrogen) atoms. The van der Waals surface area contributed by atoms with Crippen LogP contribution in [0.3, 0.4) is 0 Å². The predicted octanol–water partition coefficient (Wildman–Crippen LogP) is 3.27. The van der Waals surface area contributed by atoms with Crippen molar-refractivity contribution in [2.24, 2.45) is 0 Å². The molecular formula is C19H26ClN3O. The summed E-state index contributed by atoms with van der Waals surface area (Å²) >= 11 is 0. The van der Waals surface area contributed by atoms with Crippen LogP contribution < -0.4 is 10.1 Å². The second-order valence-electron chi connectivity index (χ2n) is 6.08. The number of rotatable bonds is 6. The Morgan fingerprint density at radius 3 is 2.83 bits per heavy atom. The van der Waals surface area contributed by atoms with Crippen molar-refractivity contribution in [1.29, 1.82) is 0 Å². The quantitative estimate of drug-likeness (QED) is 0.870. The normalized spacial score (nSPS) is 18.0. The SMILES string of the molecule is CNC1CCCN(Cc2ccccc2OCc2ccccn2)C1.Cl. The zero-order valence-corrected chi connectivity index (χ0v) is 15.0. The predicted molar refractivity (Wildman–Crippen MR) is 99.6 cm³/mol. The lowest BCUT2D eigenvalue weighted by Gasteiger charge is -2.32. The number of nitrogens with zero attached hydrogens (tertiary/aromatic N) is 2. The molecule has 2 aromatic rings. The molecule has 0 radical (unpaired) electrons. The van der Waals surface area contributed by atoms with Crippen molar-refractivity contribution in [1.82, 2.24) is 15.2 Å². The molecule has 1 saturated heterocycles. The van der Waals surface area contributed by atoms with Crippen LogP contribution in [-0.4, -0.2) is 36.1 Å². The number of para-hydroxylation sites is 1. The molecule has 0 bridgehead atoms. The van der Waals surface area contributed by atoms with Gasteiger partial charge < -0.3 is 10.1 Å². The number of piperidine rings is 1. The van der Waals surface area contributed by atoms with E-state index in [9.17, 15) is 0 Å². The van der Waals surface area contributed by atoms with Crippen molar-refractivity contribution in [3.63, 3.8) is 0 Å². The minimum atomic E-state index is 0. The molecular weight excluding hydrogens is 322 g/mol. The monoisotopic (exact) mass is 347 g/mol. The summed E-state index contributed by atoms with van der Waals surface area (Å²) in [4.78, 5) is 6.82. The third kappa shape index (κ3) is 5.20. The molecule has 1 N–H and O–H groups in total. The lowest BCUT2D eigenvalue weighted by Crippen LogP contribution is -2.43. The number of nitrogens with one attached hydrogen (secondary N) is 1. The van der Waals surface area contributed by atoms with E-state index in [-0.39, 0.29) is 12.4 Å². The molecule has 0 spiro atoms. The highest BCUT2D eigenvalue weighted by molar-refractivity contribution is 5.85. The van der Waals surface area contributed by atoms with Gasteiger partial charge in [0, 0.05) is 30.9 Å². The van der Waals surface area contributed by atoms with E-state index in [1.54, 1.807) is 6.20 Å². The summed E-state index contributed by atoms with van der Waals surface area (Å²) in [5.74, 6) is 0.963. The molecule has 3 rings (SSSR count). The molecule has 0 aliphatic carbocycles. The summed E-state index contributed by atoms with van der Waals surface area (Å²) in [6.45, 7) is 3.71. The highest BCUT2D eigenvalue weighted by atomic mass is 35.5. The molecule has 1 aromatic heterocycles. The van der Waals surface area contributed by atoms with Crippen LogP contribution >= 0.6 is 12.4 Å². The van der Waals surface area contributed by atoms with Gasteiger partial charge >= 0.3 is 0 Å². The number of hydrogen-bond donors (Lipinski definition) is 1. The van der Waals surface area contributed by atoms with Gasteiger partial charge in [0.1, 0.15) is 12.4 Å². The lowest BCUT2D eigenvalue weighted by molar-refractivity contribution is 0.184. The average Bonchev–Trinajstić information content (AvgIpc) is 2.62. The maximum atomic E-state index is 6.01. The minimum Gasteiger partial charge on any atom is -0.487 e. The highest BCUT2D eigenvalue weighted by Crippen LogP contribution is 2.22. The molecule has 1 atom stereocenters. The average molecular weight is 348 g/mol. The number of ether oxygens (including phenoxy) is 1. The molecule has 1 unspecified atom stereocenters. The first-order chi connectivity index (χ1) is 11.3. The van der Waals surface area contributed by atoms with Crippen LogP contribution in [0, 0.1) is 0 Å². The van der Waals surface area contributed by atoms with Gasteiger partial charge in [0.05, 0.1) is 5.69 Å². The Labute approximate surface area is 150 Å². The lowest BCUT2D eigenvalue weighted by atomic mass is 10.0. The summed E-state index contributed by atoms with van der Waals surface area (Å²) in [5, 5.41) is 3.40. The molecule has 1 aromatic carbocycles. The minimum absolute atomic E-state index is 0. The molecule has 5 heteroatoms. The molecule has 0 saturated carbocycles. The Hall–Kier alpha value is -1.62. The zero-order valence-electron chi connectivity index (χ0n) is 14.1. The van der Waals surface area contributed by atoms with E-state index in [4.69, 9.17) is 4.74 Å². The number of aromatic nitrogens is 1. The van der Waals surface area contributed by atoms with Crippen molar-refractivity contribution in [3.05, 3.63) is 59.9 Å². The number of pyridine rings is 1. The third-order valence-electron chi connectivity index (χ3n) is 4.38. The third-order valence-corrected chi connectivity index (χ3v) is 4.38. The Kier molecular flexibility index (Phi) is 7.50. The second-order valence-corrected chi connectivity index (χ2v) is 6.08. The molecule has 4 nitrogen and oxygen atoms in total. The van der Waals surface area contributed by atoms with E-state index in [1.165, 1.54) is 18.4 Å². The Morgan fingerprint density at radius 1 is 1.21 bits per heavy atom. The van der Waals surface area contributed by atoms with Crippen molar-refractivity contribution in [2.75, 3.05) is 20.1 Å². The van der Waals surface area contributed by atoms with Crippen LogP contribution in [0.5, 0.6) is 5.75 Å². The van der Waals surface area contributed by atoms with Crippen LogP contribution in [-0.2, 0) is 13.2 Å². The van der Waals surface area contributed by atoms with E-state index in [0.717, 1.165) is 31.1 Å². The Bertz CT molecular complexity index is 609. The van der Waals surface area contributed by atoms with Crippen LogP contribution in [0.15, 0.2) is 48.7 Å². The molecule has 1 aliphatic rings. The number of likely N-dealkylation sites (N-methyl/N-ethyl adjacent to an activating group) is 1. The van der Waals surface area contributed by atoms with Crippen molar-refractivity contribution >= 4 is 12.4 Å². The first kappa shape index (κ1) is 18.7. The van der Waals surface area contributed by atoms with Crippen LogP contribution in [0.1, 0.15) is 24.1 Å². The van der Waals surface area contributed by atoms with Gasteiger partial charge in [-0.2, -0.15) is 0 Å². The first-order valence-corrected chi connectivity index (χ1v) is 8.35. The highest BCUT2D eigenvalue weighted by Gasteiger charge is 2.19. The van der Waals surface area contributed by atoms with Crippen LogP contribution in [0.2, 0.25) is 0 Å². The topological polar surface area (TPSA) is 37.4 Å². The fraction of sp³-hybridized carbons (Fsp3) is 0.421. The van der Waals surface area contributed by atoms with Gasteiger partial charge in [-0.05, 0) is 44.6 Å². The standard InChI is InChI=1S/C19H25N3O.ClH/c1-20-17-9-6-12-22(14-17)13-16-7-2-3-10-19(16)23-15-18-8-4-5-11-21-18;/h2-5,7-8,10-11,17,20H,6,9,12-15H2,1H3;1H. The van der Waals surface area contributed by atoms with Crippen molar-refractivity contribution in [3.8, 4) is 5.75 Å². The van der Waals surface area contributed by atoms with E-state index in [1.807, 2.05) is 24.3 Å². The molecule has 1 aliphatic heterocycles. The van der Waals surface area contributed by atoms with E-state index < -0.39 is 0 Å². The zero-order chi connectivity index (χ0) is 15.9. The molecule has 2 heterocycles. The molecule has 130 valence electrons. The van der Waals surface area contributed by atoms with E-state index >= 15 is 0 Å². The number of benzene rings is 1. The van der Waals surface area contributed by atoms with E-state index in [0.29, 0.717) is 12.6 Å². The smallest absolute Gasteiger partial charge is 0.130 e. The van der Waals surface area contributed by atoms with Gasteiger partial charge in [0.25, 0.3) is 0 Å². The largest absolute Gasteiger partial charge is 0.487 e. The summed E-state index contributed by atoms with van der Waals surface area (Å²) in [5.41, 5.74) is 2.20. The fourth-order valence-electron chi connectivity index (χ4n) is 3.09. The maximum absolute atomic E-state index is 6.01. The van der Waals surface area contributed by atoms with E-state index in [2.05, 4.69) is 40.4 Å². The van der Waals surface area contributed by atoms with Gasteiger partial charge in [0.15, 0.2) is 0 Å². The summed E-state index contributed by atoms with van der Waals surface area (Å²) in [6.07, 6.45) is 4.32.